The Morgan fingerprint density at radius 2 is 1.75 bits per heavy atom. The molecule has 0 fully saturated rings. The number of hydrogen-bond donors (Lipinski definition) is 1. The van der Waals surface area contributed by atoms with Crippen LogP contribution in [0.15, 0.2) is 77.7 Å². The van der Waals surface area contributed by atoms with Crippen LogP contribution in [0.4, 0.5) is 5.69 Å². The fourth-order valence-corrected chi connectivity index (χ4v) is 5.26. The number of amides is 1. The fraction of sp³-hybridized carbons (Fsp3) is 0.160. The number of thioether (sulfide) groups is 1. The molecule has 0 spiro atoms. The Morgan fingerprint density at radius 1 is 1.03 bits per heavy atom. The van der Waals surface area contributed by atoms with Crippen LogP contribution in [-0.4, -0.2) is 29.2 Å². The molecule has 0 saturated heterocycles. The van der Waals surface area contributed by atoms with Crippen LogP contribution in [0, 0.1) is 0 Å². The predicted molar refractivity (Wildman–Crippen MR) is 131 cm³/mol. The van der Waals surface area contributed by atoms with Gasteiger partial charge in [0.05, 0.1) is 27.9 Å². The molecule has 4 rings (SSSR count). The summed E-state index contributed by atoms with van der Waals surface area (Å²) in [6.07, 6.45) is 0.748. The molecular weight excluding hydrogens is 440 g/mol. The summed E-state index contributed by atoms with van der Waals surface area (Å²) in [6.45, 7) is 1.76. The second-order valence-electron chi connectivity index (χ2n) is 7.18. The maximum absolute atomic E-state index is 12.9. The number of esters is 1. The highest BCUT2D eigenvalue weighted by Crippen LogP contribution is 2.28. The van der Waals surface area contributed by atoms with Crippen molar-refractivity contribution in [1.82, 2.24) is 4.98 Å². The van der Waals surface area contributed by atoms with Crippen LogP contribution >= 0.6 is 23.1 Å². The summed E-state index contributed by atoms with van der Waals surface area (Å²) >= 11 is 3.00. The van der Waals surface area contributed by atoms with Gasteiger partial charge in [-0.1, -0.05) is 36.4 Å². The summed E-state index contributed by atoms with van der Waals surface area (Å²) in [7, 11) is 1.36. The van der Waals surface area contributed by atoms with Crippen molar-refractivity contribution in [1.29, 1.82) is 0 Å². The van der Waals surface area contributed by atoms with Crippen molar-refractivity contribution in [2.75, 3.05) is 12.4 Å². The van der Waals surface area contributed by atoms with Gasteiger partial charge < -0.3 is 10.1 Å². The molecule has 5 nitrogen and oxygen atoms in total. The molecule has 0 aliphatic carbocycles. The maximum atomic E-state index is 12.9. The van der Waals surface area contributed by atoms with Crippen molar-refractivity contribution in [2.45, 2.75) is 23.5 Å². The number of nitrogens with one attached hydrogen (secondary N) is 1. The Morgan fingerprint density at radius 3 is 2.50 bits per heavy atom. The van der Waals surface area contributed by atoms with Crippen molar-refractivity contribution in [3.8, 4) is 0 Å². The lowest BCUT2D eigenvalue weighted by Crippen LogP contribution is -2.17. The van der Waals surface area contributed by atoms with E-state index in [9.17, 15) is 9.59 Å². The molecule has 0 bridgehead atoms. The number of fused-ring (bicyclic) bond motifs is 1. The van der Waals surface area contributed by atoms with Crippen molar-refractivity contribution < 1.29 is 14.3 Å². The zero-order valence-electron chi connectivity index (χ0n) is 17.7. The molecule has 0 saturated carbocycles. The summed E-state index contributed by atoms with van der Waals surface area (Å²) < 4.78 is 5.97. The third-order valence-electron chi connectivity index (χ3n) is 4.87. The minimum atomic E-state index is -0.407. The number of benzene rings is 3. The van der Waals surface area contributed by atoms with Crippen LogP contribution in [0.5, 0.6) is 0 Å². The maximum Gasteiger partial charge on any atom is 0.318 e. The zero-order chi connectivity index (χ0) is 22.5. The van der Waals surface area contributed by atoms with E-state index in [0.717, 1.165) is 27.4 Å². The van der Waals surface area contributed by atoms with Gasteiger partial charge in [0.2, 0.25) is 0 Å². The number of aromatic nitrogens is 1. The van der Waals surface area contributed by atoms with Gasteiger partial charge in [0, 0.05) is 17.0 Å². The second kappa shape index (κ2) is 9.97. The van der Waals surface area contributed by atoms with E-state index in [1.807, 2.05) is 60.7 Å². The van der Waals surface area contributed by atoms with Crippen LogP contribution in [-0.2, 0) is 16.0 Å². The molecule has 4 aromatic rings. The predicted octanol–water partition coefficient (Wildman–Crippen LogP) is 5.79. The first-order valence-corrected chi connectivity index (χ1v) is 11.8. The number of nitrogens with zero attached hydrogens (tertiary/aromatic N) is 1. The van der Waals surface area contributed by atoms with Crippen molar-refractivity contribution in [2.24, 2.45) is 0 Å². The molecule has 1 N–H and O–H groups in total. The quantitative estimate of drug-likeness (QED) is 0.278. The van der Waals surface area contributed by atoms with Crippen LogP contribution in [0.1, 0.15) is 27.9 Å². The van der Waals surface area contributed by atoms with Crippen molar-refractivity contribution in [3.05, 3.63) is 88.9 Å². The number of methoxy groups -OCH3 is 1. The molecule has 7 heteroatoms. The molecule has 0 aliphatic rings. The first-order chi connectivity index (χ1) is 15.5. The first-order valence-electron chi connectivity index (χ1n) is 10.1. The number of thiazole rings is 1. The number of ether oxygens (including phenoxy) is 1. The van der Waals surface area contributed by atoms with Crippen molar-refractivity contribution in [3.63, 3.8) is 0 Å². The molecule has 3 aromatic carbocycles. The molecule has 1 heterocycles. The molecule has 32 heavy (non-hydrogen) atoms. The number of para-hydroxylation sites is 1. The minimum absolute atomic E-state index is 0.218. The van der Waals surface area contributed by atoms with Crippen LogP contribution in [0.3, 0.4) is 0 Å². The lowest BCUT2D eigenvalue weighted by molar-refractivity contribution is -0.139. The number of carbonyl (C=O) groups is 2. The number of anilines is 1. The van der Waals surface area contributed by atoms with Crippen LogP contribution in [0.25, 0.3) is 10.2 Å². The highest BCUT2D eigenvalue weighted by Gasteiger charge is 2.19. The van der Waals surface area contributed by atoms with E-state index in [-0.39, 0.29) is 11.9 Å². The third-order valence-corrected chi connectivity index (χ3v) is 7.07. The smallest absolute Gasteiger partial charge is 0.318 e. The molecule has 1 unspecified atom stereocenters. The fourth-order valence-electron chi connectivity index (χ4n) is 3.24. The second-order valence-corrected chi connectivity index (χ2v) is 9.68. The average Bonchev–Trinajstić information content (AvgIpc) is 3.22. The highest BCUT2D eigenvalue weighted by molar-refractivity contribution is 8.00. The standard InChI is InChI=1S/C25H22N2O3S2/c1-16(25(29)30-2)31-21-9-5-3-7-19(21)24(28)26-18-13-11-17(12-14-18)15-23-27-20-8-4-6-10-22(20)32-23/h3-14,16H,15H2,1-2H3,(H,26,28). The first kappa shape index (κ1) is 22.0. The zero-order valence-corrected chi connectivity index (χ0v) is 19.3. The third kappa shape index (κ3) is 5.18. The summed E-state index contributed by atoms with van der Waals surface area (Å²) in [4.78, 5) is 30.1. The van der Waals surface area contributed by atoms with E-state index in [4.69, 9.17) is 4.74 Å². The summed E-state index contributed by atoms with van der Waals surface area (Å²) in [5, 5.41) is 3.60. The largest absolute Gasteiger partial charge is 0.468 e. The number of carbonyl (C=O) groups excluding carboxylic acids is 2. The Kier molecular flexibility index (Phi) is 6.87. The van der Waals surface area contributed by atoms with Gasteiger partial charge in [-0.2, -0.15) is 0 Å². The van der Waals surface area contributed by atoms with E-state index in [1.54, 1.807) is 24.3 Å². The van der Waals surface area contributed by atoms with E-state index in [1.165, 1.54) is 23.6 Å². The van der Waals surface area contributed by atoms with Gasteiger partial charge in [-0.25, -0.2) is 4.98 Å². The van der Waals surface area contributed by atoms with Gasteiger partial charge >= 0.3 is 5.97 Å². The molecule has 1 amide bonds. The molecule has 0 radical (unpaired) electrons. The topological polar surface area (TPSA) is 68.3 Å². The minimum Gasteiger partial charge on any atom is -0.468 e. The van der Waals surface area contributed by atoms with Gasteiger partial charge in [0.15, 0.2) is 0 Å². The average molecular weight is 463 g/mol. The lowest BCUT2D eigenvalue weighted by atomic mass is 10.1. The van der Waals surface area contributed by atoms with E-state index < -0.39 is 5.25 Å². The van der Waals surface area contributed by atoms with Crippen molar-refractivity contribution >= 4 is 50.9 Å². The Labute approximate surface area is 194 Å². The Balaban J connectivity index is 1.43. The van der Waals surface area contributed by atoms with E-state index in [2.05, 4.69) is 16.4 Å². The van der Waals surface area contributed by atoms with Crippen LogP contribution in [0.2, 0.25) is 0 Å². The molecule has 162 valence electrons. The summed E-state index contributed by atoms with van der Waals surface area (Å²) in [5.41, 5.74) is 3.38. The summed E-state index contributed by atoms with van der Waals surface area (Å²) in [5.74, 6) is -0.544. The molecule has 1 atom stereocenters. The number of hydrogen-bond acceptors (Lipinski definition) is 6. The van der Waals surface area contributed by atoms with Gasteiger partial charge in [-0.15, -0.1) is 23.1 Å². The SMILES string of the molecule is COC(=O)C(C)Sc1ccccc1C(=O)Nc1ccc(Cc2nc3ccccc3s2)cc1. The normalized spacial score (nSPS) is 11.8. The molecular formula is C25H22N2O3S2. The molecule has 1 aromatic heterocycles. The molecule has 0 aliphatic heterocycles. The van der Waals surface area contributed by atoms with Gasteiger partial charge in [0.25, 0.3) is 5.91 Å². The van der Waals surface area contributed by atoms with Gasteiger partial charge in [-0.05, 0) is 48.9 Å². The highest BCUT2D eigenvalue weighted by atomic mass is 32.2. The van der Waals surface area contributed by atoms with E-state index in [0.29, 0.717) is 11.3 Å². The Hall–Kier alpha value is -3.16. The number of rotatable bonds is 7. The Bertz CT molecular complexity index is 1220. The summed E-state index contributed by atoms with van der Waals surface area (Å²) in [6, 6.07) is 23.2. The van der Waals surface area contributed by atoms with Gasteiger partial charge in [-0.3, -0.25) is 9.59 Å². The monoisotopic (exact) mass is 462 g/mol. The van der Waals surface area contributed by atoms with Crippen LogP contribution < -0.4 is 5.32 Å². The van der Waals surface area contributed by atoms with Gasteiger partial charge in [0.1, 0.15) is 5.25 Å². The lowest BCUT2D eigenvalue weighted by Gasteiger charge is -2.13. The van der Waals surface area contributed by atoms with E-state index >= 15 is 0 Å².